The molecule has 1 aliphatic rings. The van der Waals surface area contributed by atoms with Crippen molar-refractivity contribution in [2.75, 3.05) is 19.0 Å². The molecule has 0 fully saturated rings. The maximum absolute atomic E-state index is 3.57. The van der Waals surface area contributed by atoms with Gasteiger partial charge in [0.15, 0.2) is 0 Å². The average molecular weight is 238 g/mol. The predicted octanol–water partition coefficient (Wildman–Crippen LogP) is 3.08. The maximum Gasteiger partial charge on any atom is 0.0581 e. The van der Waals surface area contributed by atoms with Crippen LogP contribution in [0.15, 0.2) is 22.7 Å². The van der Waals surface area contributed by atoms with Crippen LogP contribution in [0.25, 0.3) is 6.08 Å². The molecule has 0 aliphatic heterocycles. The zero-order chi connectivity index (χ0) is 9.42. The van der Waals surface area contributed by atoms with Gasteiger partial charge in [0.1, 0.15) is 0 Å². The summed E-state index contributed by atoms with van der Waals surface area (Å²) in [4.78, 5) is 2.15. The van der Waals surface area contributed by atoms with Gasteiger partial charge in [0.25, 0.3) is 0 Å². The Morgan fingerprint density at radius 1 is 1.31 bits per heavy atom. The summed E-state index contributed by atoms with van der Waals surface area (Å²) in [6.45, 7) is 0. The zero-order valence-corrected chi connectivity index (χ0v) is 9.43. The minimum Gasteiger partial charge on any atom is -0.376 e. The van der Waals surface area contributed by atoms with Crippen molar-refractivity contribution in [3.05, 3.63) is 33.8 Å². The molecule has 0 N–H and O–H groups in total. The summed E-state index contributed by atoms with van der Waals surface area (Å²) >= 11 is 3.57. The summed E-state index contributed by atoms with van der Waals surface area (Å²) in [6, 6.07) is 4.31. The number of allylic oxidation sites excluding steroid dienone is 1. The fourth-order valence-corrected chi connectivity index (χ4v) is 2.45. The summed E-state index contributed by atoms with van der Waals surface area (Å²) in [5.41, 5.74) is 4.07. The monoisotopic (exact) mass is 237 g/mol. The summed E-state index contributed by atoms with van der Waals surface area (Å²) < 4.78 is 1.17. The first-order valence-electron chi connectivity index (χ1n) is 4.35. The number of fused-ring (bicyclic) bond motifs is 1. The number of nitrogens with zero attached hydrogens (tertiary/aromatic N) is 1. The van der Waals surface area contributed by atoms with Crippen molar-refractivity contribution in [3.8, 4) is 0 Å². The minimum absolute atomic E-state index is 1.07. The molecule has 2 heteroatoms. The fraction of sp³-hybridized carbons (Fsp3) is 0.273. The van der Waals surface area contributed by atoms with Crippen LogP contribution >= 0.6 is 15.9 Å². The van der Waals surface area contributed by atoms with Crippen molar-refractivity contribution in [2.45, 2.75) is 6.42 Å². The van der Waals surface area contributed by atoms with Crippen molar-refractivity contribution in [1.82, 2.24) is 0 Å². The van der Waals surface area contributed by atoms with E-state index >= 15 is 0 Å². The van der Waals surface area contributed by atoms with E-state index in [0.29, 0.717) is 0 Å². The van der Waals surface area contributed by atoms with Crippen LogP contribution in [0.1, 0.15) is 11.1 Å². The molecule has 1 nitrogen and oxygen atoms in total. The molecule has 1 aromatic carbocycles. The van der Waals surface area contributed by atoms with Crippen LogP contribution in [0, 0.1) is 0 Å². The van der Waals surface area contributed by atoms with Crippen LogP contribution in [-0.4, -0.2) is 14.1 Å². The Hall–Kier alpha value is -0.760. The standard InChI is InChI=1S/C11H12BrN/c1-13(2)11-9-5-3-4-8(9)6-7-10(11)12/h3,5-7H,4H2,1-2H3. The van der Waals surface area contributed by atoms with Crippen molar-refractivity contribution in [2.24, 2.45) is 0 Å². The number of anilines is 1. The molecule has 0 heterocycles. The number of hydrogen-bond donors (Lipinski definition) is 0. The smallest absolute Gasteiger partial charge is 0.0581 e. The van der Waals surface area contributed by atoms with E-state index < -0.39 is 0 Å². The number of hydrogen-bond acceptors (Lipinski definition) is 1. The normalized spacial score (nSPS) is 13.2. The Morgan fingerprint density at radius 3 is 2.77 bits per heavy atom. The lowest BCUT2D eigenvalue weighted by atomic mass is 10.1. The van der Waals surface area contributed by atoms with Crippen LogP contribution in [0.2, 0.25) is 0 Å². The molecule has 0 unspecified atom stereocenters. The average Bonchev–Trinajstić information content (AvgIpc) is 2.50. The highest BCUT2D eigenvalue weighted by atomic mass is 79.9. The van der Waals surface area contributed by atoms with E-state index in [1.54, 1.807) is 0 Å². The van der Waals surface area contributed by atoms with Crippen LogP contribution in [-0.2, 0) is 6.42 Å². The highest BCUT2D eigenvalue weighted by Gasteiger charge is 2.13. The third kappa shape index (κ3) is 1.39. The van der Waals surface area contributed by atoms with E-state index in [2.05, 4.69) is 59.2 Å². The molecule has 0 spiro atoms. The summed E-state index contributed by atoms with van der Waals surface area (Å²) in [5.74, 6) is 0. The third-order valence-corrected chi connectivity index (χ3v) is 2.97. The molecule has 0 radical (unpaired) electrons. The highest BCUT2D eigenvalue weighted by Crippen LogP contribution is 2.35. The minimum atomic E-state index is 1.07. The topological polar surface area (TPSA) is 3.24 Å². The molecular formula is C11H12BrN. The summed E-state index contributed by atoms with van der Waals surface area (Å²) in [6.07, 6.45) is 5.49. The van der Waals surface area contributed by atoms with Gasteiger partial charge in [-0.15, -0.1) is 0 Å². The van der Waals surface area contributed by atoms with Gasteiger partial charge in [-0.2, -0.15) is 0 Å². The summed E-state index contributed by atoms with van der Waals surface area (Å²) in [5, 5.41) is 0. The fourth-order valence-electron chi connectivity index (χ4n) is 1.75. The molecule has 0 amide bonds. The lowest BCUT2D eigenvalue weighted by molar-refractivity contribution is 1.11. The van der Waals surface area contributed by atoms with Gasteiger partial charge in [-0.25, -0.2) is 0 Å². The maximum atomic E-state index is 3.57. The third-order valence-electron chi connectivity index (χ3n) is 2.33. The molecule has 0 aromatic heterocycles. The Labute approximate surface area is 87.2 Å². The van der Waals surface area contributed by atoms with E-state index in [1.165, 1.54) is 21.3 Å². The van der Waals surface area contributed by atoms with Crippen molar-refractivity contribution < 1.29 is 0 Å². The molecule has 0 saturated carbocycles. The zero-order valence-electron chi connectivity index (χ0n) is 7.84. The van der Waals surface area contributed by atoms with E-state index in [4.69, 9.17) is 0 Å². The predicted molar refractivity (Wildman–Crippen MR) is 61.2 cm³/mol. The lowest BCUT2D eigenvalue weighted by Crippen LogP contribution is -2.11. The molecular weight excluding hydrogens is 226 g/mol. The second-order valence-corrected chi connectivity index (χ2v) is 4.32. The largest absolute Gasteiger partial charge is 0.376 e. The van der Waals surface area contributed by atoms with Gasteiger partial charge in [-0.05, 0) is 34.0 Å². The second-order valence-electron chi connectivity index (χ2n) is 3.47. The highest BCUT2D eigenvalue weighted by molar-refractivity contribution is 9.10. The van der Waals surface area contributed by atoms with Gasteiger partial charge in [0.05, 0.1) is 5.69 Å². The number of rotatable bonds is 1. The molecule has 2 rings (SSSR count). The van der Waals surface area contributed by atoms with Crippen LogP contribution in [0.5, 0.6) is 0 Å². The first kappa shape index (κ1) is 8.82. The van der Waals surface area contributed by atoms with Crippen LogP contribution in [0.4, 0.5) is 5.69 Å². The molecule has 68 valence electrons. The Morgan fingerprint density at radius 2 is 2.08 bits per heavy atom. The van der Waals surface area contributed by atoms with Gasteiger partial charge >= 0.3 is 0 Å². The van der Waals surface area contributed by atoms with Gasteiger partial charge in [-0.1, -0.05) is 18.2 Å². The number of halogens is 1. The molecule has 1 aromatic rings. The molecule has 13 heavy (non-hydrogen) atoms. The molecule has 0 atom stereocenters. The first-order valence-corrected chi connectivity index (χ1v) is 5.14. The lowest BCUT2D eigenvalue weighted by Gasteiger charge is -2.18. The van der Waals surface area contributed by atoms with Gasteiger partial charge < -0.3 is 4.90 Å². The first-order chi connectivity index (χ1) is 6.20. The van der Waals surface area contributed by atoms with Crippen molar-refractivity contribution in [1.29, 1.82) is 0 Å². The molecule has 0 saturated heterocycles. The van der Waals surface area contributed by atoms with E-state index in [9.17, 15) is 0 Å². The van der Waals surface area contributed by atoms with Crippen LogP contribution in [0.3, 0.4) is 0 Å². The van der Waals surface area contributed by atoms with Crippen molar-refractivity contribution in [3.63, 3.8) is 0 Å². The number of benzene rings is 1. The summed E-state index contributed by atoms with van der Waals surface area (Å²) in [7, 11) is 4.15. The molecule has 0 bridgehead atoms. The molecule has 1 aliphatic carbocycles. The van der Waals surface area contributed by atoms with E-state index in [-0.39, 0.29) is 0 Å². The second kappa shape index (κ2) is 3.18. The Kier molecular flexibility index (Phi) is 2.16. The van der Waals surface area contributed by atoms with Crippen LogP contribution < -0.4 is 4.90 Å². The van der Waals surface area contributed by atoms with E-state index in [0.717, 1.165) is 6.42 Å². The SMILES string of the molecule is CN(C)c1c(Br)ccc2c1C=CC2. The van der Waals surface area contributed by atoms with Gasteiger partial charge in [-0.3, -0.25) is 0 Å². The van der Waals surface area contributed by atoms with E-state index in [1.807, 2.05) is 0 Å². The Bertz CT molecular complexity index is 367. The van der Waals surface area contributed by atoms with Gasteiger partial charge in [0, 0.05) is 24.1 Å². The van der Waals surface area contributed by atoms with Gasteiger partial charge in [0.2, 0.25) is 0 Å². The Balaban J connectivity index is 2.64. The quantitative estimate of drug-likeness (QED) is 0.726. The van der Waals surface area contributed by atoms with Crippen molar-refractivity contribution >= 4 is 27.7 Å².